The number of carbonyl (C=O) groups is 1. The van der Waals surface area contributed by atoms with Crippen molar-refractivity contribution >= 4 is 5.91 Å². The predicted molar refractivity (Wildman–Crippen MR) is 62.3 cm³/mol. The number of rotatable bonds is 1. The third kappa shape index (κ3) is 2.05. The maximum absolute atomic E-state index is 12.3. The van der Waals surface area contributed by atoms with Crippen LogP contribution >= 0.6 is 0 Å². The maximum Gasteiger partial charge on any atom is 0.241 e. The van der Waals surface area contributed by atoms with Crippen LogP contribution in [0.25, 0.3) is 0 Å². The van der Waals surface area contributed by atoms with Crippen LogP contribution in [0.4, 0.5) is 0 Å². The van der Waals surface area contributed by atoms with Gasteiger partial charge in [0.25, 0.3) is 0 Å². The van der Waals surface area contributed by atoms with E-state index in [1.807, 2.05) is 11.1 Å². The molecule has 6 heteroatoms. The Morgan fingerprint density at radius 2 is 2.35 bits per heavy atom. The molecular weight excluding hydrogens is 218 g/mol. The van der Waals surface area contributed by atoms with E-state index in [1.165, 1.54) is 0 Å². The molecule has 2 aliphatic heterocycles. The number of amides is 1. The summed E-state index contributed by atoms with van der Waals surface area (Å²) in [5.74, 6) is 1.17. The van der Waals surface area contributed by atoms with Gasteiger partial charge in [0.15, 0.2) is 0 Å². The minimum atomic E-state index is -0.0785. The van der Waals surface area contributed by atoms with E-state index in [-0.39, 0.29) is 11.9 Å². The van der Waals surface area contributed by atoms with Crippen LogP contribution in [0, 0.1) is 0 Å². The van der Waals surface area contributed by atoms with Crippen molar-refractivity contribution in [3.63, 3.8) is 0 Å². The van der Waals surface area contributed by atoms with Crippen molar-refractivity contribution in [1.82, 2.24) is 25.1 Å². The van der Waals surface area contributed by atoms with Crippen LogP contribution in [0.3, 0.4) is 0 Å². The second-order valence-corrected chi connectivity index (χ2v) is 4.51. The Bertz CT molecular complexity index is 410. The molecule has 1 amide bonds. The summed E-state index contributed by atoms with van der Waals surface area (Å²) < 4.78 is 2.11. The zero-order valence-corrected chi connectivity index (χ0v) is 9.72. The van der Waals surface area contributed by atoms with E-state index in [9.17, 15) is 4.79 Å². The Morgan fingerprint density at radius 3 is 3.18 bits per heavy atom. The molecule has 0 radical (unpaired) electrons. The molecule has 1 fully saturated rings. The minimum Gasteiger partial charge on any atom is -0.332 e. The molecule has 3 rings (SSSR count). The summed E-state index contributed by atoms with van der Waals surface area (Å²) in [6, 6.07) is -0.0785. The second kappa shape index (κ2) is 4.46. The van der Waals surface area contributed by atoms with Crippen LogP contribution in [0.1, 0.15) is 5.82 Å². The van der Waals surface area contributed by atoms with E-state index in [2.05, 4.69) is 20.2 Å². The second-order valence-electron chi connectivity index (χ2n) is 4.51. The smallest absolute Gasteiger partial charge is 0.241 e. The predicted octanol–water partition coefficient (Wildman–Crippen LogP) is -1.21. The first-order valence-electron chi connectivity index (χ1n) is 6.07. The molecule has 0 bridgehead atoms. The van der Waals surface area contributed by atoms with Gasteiger partial charge in [-0.1, -0.05) is 0 Å². The van der Waals surface area contributed by atoms with Crippen LogP contribution in [0.15, 0.2) is 12.4 Å². The summed E-state index contributed by atoms with van der Waals surface area (Å²) in [6.45, 7) is 4.78. The topological polar surface area (TPSA) is 62.2 Å². The molecule has 0 aromatic carbocycles. The van der Waals surface area contributed by atoms with Crippen molar-refractivity contribution in [2.75, 3.05) is 26.2 Å². The standard InChI is InChI=1S/C11H17N5O/c17-11(9-7-12-1-2-13-9)16-6-5-15-4-3-14-10(15)8-16/h3-4,9,12-13H,1-2,5-8H2. The highest BCUT2D eigenvalue weighted by Crippen LogP contribution is 2.11. The van der Waals surface area contributed by atoms with Gasteiger partial charge in [0.05, 0.1) is 12.6 Å². The van der Waals surface area contributed by atoms with Crippen LogP contribution in [0.2, 0.25) is 0 Å². The zero-order chi connectivity index (χ0) is 11.7. The number of aromatic nitrogens is 2. The van der Waals surface area contributed by atoms with Crippen molar-refractivity contribution in [3.8, 4) is 0 Å². The summed E-state index contributed by atoms with van der Waals surface area (Å²) in [5, 5.41) is 6.49. The molecule has 2 aliphatic rings. The maximum atomic E-state index is 12.3. The molecule has 3 heterocycles. The molecule has 1 saturated heterocycles. The Morgan fingerprint density at radius 1 is 1.41 bits per heavy atom. The van der Waals surface area contributed by atoms with Crippen molar-refractivity contribution in [3.05, 3.63) is 18.2 Å². The molecule has 1 atom stereocenters. The van der Waals surface area contributed by atoms with E-state index in [1.54, 1.807) is 6.20 Å². The number of hydrogen-bond acceptors (Lipinski definition) is 4. The van der Waals surface area contributed by atoms with Gasteiger partial charge in [-0.15, -0.1) is 0 Å². The lowest BCUT2D eigenvalue weighted by Gasteiger charge is -2.32. The Balaban J connectivity index is 1.67. The summed E-state index contributed by atoms with van der Waals surface area (Å²) in [5.41, 5.74) is 0. The fraction of sp³-hybridized carbons (Fsp3) is 0.636. The van der Waals surface area contributed by atoms with Gasteiger partial charge in [-0.2, -0.15) is 0 Å². The van der Waals surface area contributed by atoms with Gasteiger partial charge in [0.2, 0.25) is 5.91 Å². The lowest BCUT2D eigenvalue weighted by atomic mass is 10.2. The minimum absolute atomic E-state index is 0.0785. The number of piperazine rings is 1. The molecule has 92 valence electrons. The number of nitrogens with zero attached hydrogens (tertiary/aromatic N) is 3. The van der Waals surface area contributed by atoms with Crippen molar-refractivity contribution in [2.24, 2.45) is 0 Å². The number of hydrogen-bond donors (Lipinski definition) is 2. The van der Waals surface area contributed by atoms with Gasteiger partial charge in [0, 0.05) is 45.1 Å². The normalized spacial score (nSPS) is 24.5. The monoisotopic (exact) mass is 235 g/mol. The summed E-state index contributed by atoms with van der Waals surface area (Å²) in [7, 11) is 0. The van der Waals surface area contributed by atoms with E-state index in [4.69, 9.17) is 0 Å². The molecule has 17 heavy (non-hydrogen) atoms. The Labute approximate surface area is 100.0 Å². The Hall–Kier alpha value is -1.40. The first kappa shape index (κ1) is 10.7. The first-order chi connectivity index (χ1) is 8.34. The van der Waals surface area contributed by atoms with E-state index in [0.717, 1.165) is 38.5 Å². The van der Waals surface area contributed by atoms with Gasteiger partial charge in [-0.05, 0) is 0 Å². The molecule has 0 saturated carbocycles. The third-order valence-electron chi connectivity index (χ3n) is 3.40. The van der Waals surface area contributed by atoms with Crippen LogP contribution in [0.5, 0.6) is 0 Å². The molecule has 6 nitrogen and oxygen atoms in total. The lowest BCUT2D eigenvalue weighted by Crippen LogP contribution is -2.57. The van der Waals surface area contributed by atoms with E-state index < -0.39 is 0 Å². The van der Waals surface area contributed by atoms with E-state index >= 15 is 0 Å². The number of carbonyl (C=O) groups excluding carboxylic acids is 1. The fourth-order valence-electron chi connectivity index (χ4n) is 2.41. The van der Waals surface area contributed by atoms with Crippen molar-refractivity contribution in [2.45, 2.75) is 19.1 Å². The number of fused-ring (bicyclic) bond motifs is 1. The fourth-order valence-corrected chi connectivity index (χ4v) is 2.41. The summed E-state index contributed by atoms with van der Waals surface area (Å²) in [6.07, 6.45) is 3.77. The van der Waals surface area contributed by atoms with Gasteiger partial charge in [-0.3, -0.25) is 4.79 Å². The highest BCUT2D eigenvalue weighted by Gasteiger charge is 2.28. The average molecular weight is 235 g/mol. The van der Waals surface area contributed by atoms with Gasteiger partial charge in [-0.25, -0.2) is 4.98 Å². The summed E-state index contributed by atoms with van der Waals surface area (Å²) >= 11 is 0. The van der Waals surface area contributed by atoms with E-state index in [0.29, 0.717) is 6.54 Å². The highest BCUT2D eigenvalue weighted by atomic mass is 16.2. The van der Waals surface area contributed by atoms with Crippen LogP contribution in [-0.4, -0.2) is 52.6 Å². The average Bonchev–Trinajstić information content (AvgIpc) is 2.86. The Kier molecular flexibility index (Phi) is 2.82. The quantitative estimate of drug-likeness (QED) is 0.641. The van der Waals surface area contributed by atoms with Gasteiger partial charge in [0.1, 0.15) is 5.82 Å². The third-order valence-corrected chi connectivity index (χ3v) is 3.40. The largest absolute Gasteiger partial charge is 0.332 e. The van der Waals surface area contributed by atoms with Gasteiger partial charge < -0.3 is 20.1 Å². The molecule has 2 N–H and O–H groups in total. The molecule has 0 spiro atoms. The highest BCUT2D eigenvalue weighted by molar-refractivity contribution is 5.82. The zero-order valence-electron chi connectivity index (χ0n) is 9.72. The van der Waals surface area contributed by atoms with Crippen LogP contribution in [-0.2, 0) is 17.9 Å². The molecule has 1 aromatic rings. The van der Waals surface area contributed by atoms with Crippen molar-refractivity contribution < 1.29 is 4.79 Å². The van der Waals surface area contributed by atoms with Gasteiger partial charge >= 0.3 is 0 Å². The van der Waals surface area contributed by atoms with Crippen molar-refractivity contribution in [1.29, 1.82) is 0 Å². The number of imidazole rings is 1. The van der Waals surface area contributed by atoms with Crippen LogP contribution < -0.4 is 10.6 Å². The molecule has 1 aromatic heterocycles. The first-order valence-corrected chi connectivity index (χ1v) is 6.07. The lowest BCUT2D eigenvalue weighted by molar-refractivity contribution is -0.135. The molecule has 1 unspecified atom stereocenters. The SMILES string of the molecule is O=C(C1CNCCN1)N1CCn2ccnc2C1. The molecular formula is C11H17N5O. The number of nitrogens with one attached hydrogen (secondary N) is 2. The molecule has 0 aliphatic carbocycles. The summed E-state index contributed by atoms with van der Waals surface area (Å²) in [4.78, 5) is 18.4.